The fourth-order valence-electron chi connectivity index (χ4n) is 3.96. The predicted octanol–water partition coefficient (Wildman–Crippen LogP) is 0.136. The van der Waals surface area contributed by atoms with E-state index in [0.29, 0.717) is 17.9 Å². The average Bonchev–Trinajstić information content (AvgIpc) is 3.39. The van der Waals surface area contributed by atoms with Crippen molar-refractivity contribution >= 4 is 44.3 Å². The van der Waals surface area contributed by atoms with Crippen molar-refractivity contribution in [1.29, 1.82) is 0 Å². The molecule has 2 aliphatic rings. The van der Waals surface area contributed by atoms with Crippen LogP contribution in [0.1, 0.15) is 32.8 Å². The van der Waals surface area contributed by atoms with Gasteiger partial charge in [-0.3, -0.25) is 14.4 Å². The van der Waals surface area contributed by atoms with Crippen LogP contribution in [0.4, 0.5) is 5.69 Å². The number of aromatic nitrogens is 3. The molecule has 1 unspecified atom stereocenters. The highest BCUT2D eigenvalue weighted by Crippen LogP contribution is 2.28. The first-order valence-corrected chi connectivity index (χ1v) is 12.3. The molecule has 4 N–H and O–H groups in total. The number of carbonyl (C=O) groups excluding carboxylic acids is 3. The molecule has 12 nitrogen and oxygen atoms in total. The third-order valence-electron chi connectivity index (χ3n) is 5.62. The molecule has 34 heavy (non-hydrogen) atoms. The van der Waals surface area contributed by atoms with E-state index in [2.05, 4.69) is 30.9 Å². The van der Waals surface area contributed by atoms with E-state index in [1.165, 1.54) is 12.5 Å². The second kappa shape index (κ2) is 8.41. The topological polar surface area (TPSA) is 172 Å². The first kappa shape index (κ1) is 21.8. The summed E-state index contributed by atoms with van der Waals surface area (Å²) in [4.78, 5) is 48.1. The summed E-state index contributed by atoms with van der Waals surface area (Å²) in [5.41, 5.74) is 2.06. The van der Waals surface area contributed by atoms with Gasteiger partial charge in [-0.15, -0.1) is 0 Å². The summed E-state index contributed by atoms with van der Waals surface area (Å²) < 4.78 is 28.6. The van der Waals surface area contributed by atoms with Gasteiger partial charge in [0, 0.05) is 18.8 Å². The predicted molar refractivity (Wildman–Crippen MR) is 120 cm³/mol. The Kier molecular flexibility index (Phi) is 5.40. The molecule has 1 saturated heterocycles. The minimum absolute atomic E-state index is 0.0390. The Hall–Kier alpha value is -4.00. The summed E-state index contributed by atoms with van der Waals surface area (Å²) >= 11 is 0. The van der Waals surface area contributed by atoms with E-state index in [1.54, 1.807) is 18.2 Å². The molecule has 0 bridgehead atoms. The molecule has 3 aromatic rings. The molecule has 0 spiro atoms. The molecule has 3 amide bonds. The number of nitrogens with zero attached hydrogens (tertiary/aromatic N) is 2. The van der Waals surface area contributed by atoms with Crippen molar-refractivity contribution in [1.82, 2.24) is 25.6 Å². The third-order valence-corrected chi connectivity index (χ3v) is 7.39. The van der Waals surface area contributed by atoms with Gasteiger partial charge in [-0.2, -0.15) is 0 Å². The van der Waals surface area contributed by atoms with Crippen molar-refractivity contribution in [3.63, 3.8) is 0 Å². The largest absolute Gasteiger partial charge is 0.482 e. The lowest BCUT2D eigenvalue weighted by molar-refractivity contribution is -0.118. The Labute approximate surface area is 193 Å². The highest BCUT2D eigenvalue weighted by atomic mass is 32.2. The standard InChI is InChI=1S/C21H20N6O6S/c28-16-8-33-15-2-1-11(5-14(15)27-16)6-23-21(30)19-18-17(24-10-25-19)13(7-22-18)20(29)26-12-3-4-34(31,32)9-12/h1-2,5,7,10,12,22H,3-4,6,8-9H2,(H,23,30)(H,26,29)(H,27,28). The Balaban J connectivity index is 1.30. The number of ether oxygens (including phenoxy) is 1. The zero-order valence-corrected chi connectivity index (χ0v) is 18.6. The molecule has 13 heteroatoms. The van der Waals surface area contributed by atoms with Crippen LogP contribution in [0.3, 0.4) is 0 Å². The number of amides is 3. The molecule has 1 fully saturated rings. The smallest absolute Gasteiger partial charge is 0.272 e. The molecular weight excluding hydrogens is 464 g/mol. The van der Waals surface area contributed by atoms with Crippen molar-refractivity contribution < 1.29 is 27.5 Å². The van der Waals surface area contributed by atoms with Crippen LogP contribution in [-0.2, 0) is 21.2 Å². The van der Waals surface area contributed by atoms with Gasteiger partial charge in [0.2, 0.25) is 0 Å². The SMILES string of the molecule is O=C1COc2ccc(CNC(=O)c3ncnc4c(C(=O)NC5CCS(=O)(=O)C5)c[nH]c34)cc2N1. The molecule has 5 rings (SSSR count). The van der Waals surface area contributed by atoms with E-state index in [9.17, 15) is 22.8 Å². The number of hydrogen-bond acceptors (Lipinski definition) is 8. The second-order valence-corrected chi connectivity index (χ2v) is 10.3. The fourth-order valence-corrected chi connectivity index (χ4v) is 5.64. The molecule has 176 valence electrons. The van der Waals surface area contributed by atoms with E-state index in [0.717, 1.165) is 5.56 Å². The number of rotatable bonds is 5. The Morgan fingerprint density at radius 1 is 1.21 bits per heavy atom. The number of benzene rings is 1. The highest BCUT2D eigenvalue weighted by molar-refractivity contribution is 7.91. The number of nitrogens with one attached hydrogen (secondary N) is 4. The maximum absolute atomic E-state index is 12.8. The molecule has 1 aromatic carbocycles. The molecule has 2 aromatic heterocycles. The number of carbonyl (C=O) groups is 3. The molecule has 2 aliphatic heterocycles. The maximum Gasteiger partial charge on any atom is 0.272 e. The van der Waals surface area contributed by atoms with Crippen LogP contribution in [0.2, 0.25) is 0 Å². The van der Waals surface area contributed by atoms with Gasteiger partial charge in [0.15, 0.2) is 22.1 Å². The Bertz CT molecular complexity index is 1430. The molecule has 0 aliphatic carbocycles. The maximum atomic E-state index is 12.8. The van der Waals surface area contributed by atoms with Crippen LogP contribution in [0, 0.1) is 0 Å². The van der Waals surface area contributed by atoms with Crippen LogP contribution in [0.5, 0.6) is 5.75 Å². The van der Waals surface area contributed by atoms with E-state index in [-0.39, 0.29) is 52.9 Å². The molecule has 1 atom stereocenters. The van der Waals surface area contributed by atoms with Crippen LogP contribution >= 0.6 is 0 Å². The van der Waals surface area contributed by atoms with Gasteiger partial charge in [0.25, 0.3) is 17.7 Å². The number of sulfone groups is 1. The van der Waals surface area contributed by atoms with Crippen LogP contribution in [0.15, 0.2) is 30.7 Å². The van der Waals surface area contributed by atoms with Gasteiger partial charge in [-0.05, 0) is 24.1 Å². The number of aromatic amines is 1. The number of anilines is 1. The van der Waals surface area contributed by atoms with Gasteiger partial charge in [0.1, 0.15) is 17.6 Å². The lowest BCUT2D eigenvalue weighted by Gasteiger charge is -2.18. The van der Waals surface area contributed by atoms with E-state index >= 15 is 0 Å². The van der Waals surface area contributed by atoms with Crippen molar-refractivity contribution in [2.75, 3.05) is 23.4 Å². The number of hydrogen-bond donors (Lipinski definition) is 4. The molecule has 0 saturated carbocycles. The second-order valence-electron chi connectivity index (χ2n) is 8.07. The average molecular weight is 484 g/mol. The van der Waals surface area contributed by atoms with Crippen LogP contribution in [-0.4, -0.2) is 65.2 Å². The number of fused-ring (bicyclic) bond motifs is 2. The quantitative estimate of drug-likeness (QED) is 0.396. The van der Waals surface area contributed by atoms with Crippen molar-refractivity contribution in [3.8, 4) is 5.75 Å². The summed E-state index contributed by atoms with van der Waals surface area (Å²) in [6.07, 6.45) is 2.96. The van der Waals surface area contributed by atoms with Crippen LogP contribution in [0.25, 0.3) is 11.0 Å². The molecule has 0 radical (unpaired) electrons. The summed E-state index contributed by atoms with van der Waals surface area (Å²) in [6, 6.07) is 4.73. The van der Waals surface area contributed by atoms with E-state index in [4.69, 9.17) is 4.74 Å². The Morgan fingerprint density at radius 2 is 2.06 bits per heavy atom. The zero-order valence-electron chi connectivity index (χ0n) is 17.8. The zero-order chi connectivity index (χ0) is 23.9. The summed E-state index contributed by atoms with van der Waals surface area (Å²) in [7, 11) is -3.14. The van der Waals surface area contributed by atoms with Gasteiger partial charge in [-0.1, -0.05) is 6.07 Å². The lowest BCUT2D eigenvalue weighted by Crippen LogP contribution is -2.35. The minimum Gasteiger partial charge on any atom is -0.482 e. The highest BCUT2D eigenvalue weighted by Gasteiger charge is 2.30. The first-order chi connectivity index (χ1) is 16.3. The molecule has 4 heterocycles. The van der Waals surface area contributed by atoms with E-state index < -0.39 is 27.7 Å². The van der Waals surface area contributed by atoms with Crippen molar-refractivity contribution in [3.05, 3.63) is 47.5 Å². The monoisotopic (exact) mass is 484 g/mol. The lowest BCUT2D eigenvalue weighted by atomic mass is 10.1. The fraction of sp³-hybridized carbons (Fsp3) is 0.286. The normalized spacial score (nSPS) is 18.6. The first-order valence-electron chi connectivity index (χ1n) is 10.5. The molecular formula is C21H20N6O6S. The van der Waals surface area contributed by atoms with Gasteiger partial charge < -0.3 is 25.7 Å². The van der Waals surface area contributed by atoms with Gasteiger partial charge >= 0.3 is 0 Å². The van der Waals surface area contributed by atoms with Crippen LogP contribution < -0.4 is 20.7 Å². The van der Waals surface area contributed by atoms with E-state index in [1.807, 2.05) is 0 Å². The third kappa shape index (κ3) is 4.29. The summed E-state index contributed by atoms with van der Waals surface area (Å²) in [5.74, 6) is -0.708. The van der Waals surface area contributed by atoms with Crippen molar-refractivity contribution in [2.24, 2.45) is 0 Å². The van der Waals surface area contributed by atoms with Gasteiger partial charge in [0.05, 0.1) is 28.3 Å². The van der Waals surface area contributed by atoms with Crippen molar-refractivity contribution in [2.45, 2.75) is 19.0 Å². The van der Waals surface area contributed by atoms with Gasteiger partial charge in [-0.25, -0.2) is 18.4 Å². The summed E-state index contributed by atoms with van der Waals surface area (Å²) in [6.45, 7) is 0.125. The number of H-pyrrole nitrogens is 1. The Morgan fingerprint density at radius 3 is 2.85 bits per heavy atom. The minimum atomic E-state index is -3.14. The summed E-state index contributed by atoms with van der Waals surface area (Å²) in [5, 5.41) is 8.19.